The number of carbonyl (C=O) groups is 1. The molecule has 0 unspecified atom stereocenters. The minimum Gasteiger partial charge on any atom is -0.435 e. The highest BCUT2D eigenvalue weighted by Crippen LogP contribution is 2.37. The summed E-state index contributed by atoms with van der Waals surface area (Å²) < 4.78 is 78.7. The van der Waals surface area contributed by atoms with Gasteiger partial charge in [-0.05, 0) is 44.5 Å². The van der Waals surface area contributed by atoms with E-state index in [4.69, 9.17) is 4.74 Å². The van der Waals surface area contributed by atoms with E-state index < -0.39 is 40.9 Å². The first-order valence-corrected chi connectivity index (χ1v) is 12.8. The summed E-state index contributed by atoms with van der Waals surface area (Å²) in [6.07, 6.45) is -0.00449. The molecule has 1 fully saturated rings. The van der Waals surface area contributed by atoms with E-state index in [1.165, 1.54) is 27.9 Å². The fraction of sp³-hybridized carbons (Fsp3) is 0.214. The van der Waals surface area contributed by atoms with Crippen LogP contribution in [0.4, 0.5) is 33.5 Å². The van der Waals surface area contributed by atoms with Gasteiger partial charge in [-0.2, -0.15) is 13.2 Å². The Morgan fingerprint density at radius 3 is 2.50 bits per heavy atom. The smallest absolute Gasteiger partial charge is 0.416 e. The molecule has 0 atom stereocenters. The molecule has 1 aliphatic rings. The number of hydrogen-bond donors (Lipinski definition) is 2. The molecular weight excluding hydrogens is 561 g/mol. The molecule has 0 aliphatic carbocycles. The van der Waals surface area contributed by atoms with E-state index in [0.29, 0.717) is 24.5 Å². The molecule has 216 valence electrons. The quantitative estimate of drug-likeness (QED) is 0.223. The number of anilines is 2. The summed E-state index contributed by atoms with van der Waals surface area (Å²) >= 11 is 0. The standard InChI is InChI=1S/C28H22F5N7O2/c1-14-6-19-23(30)21(10-20(29)24(19)37-14)42-26-22(27(41)39-4-3-5-39)25(34-12-35-26)38-17-7-16(28(31,32)33)8-18(9-17)40-11-15(2)36-13-40/h6-13,37H,3-5H2,1-2H3,(H,34,35,38). The van der Waals surface area contributed by atoms with Gasteiger partial charge >= 0.3 is 6.18 Å². The van der Waals surface area contributed by atoms with Gasteiger partial charge in [0.2, 0.25) is 5.88 Å². The third-order valence-corrected chi connectivity index (χ3v) is 6.80. The van der Waals surface area contributed by atoms with Crippen molar-refractivity contribution in [3.05, 3.63) is 83.3 Å². The normalized spacial score (nSPS) is 13.4. The van der Waals surface area contributed by atoms with Gasteiger partial charge in [0, 0.05) is 47.8 Å². The van der Waals surface area contributed by atoms with E-state index in [9.17, 15) is 22.4 Å². The van der Waals surface area contributed by atoms with Crippen LogP contribution < -0.4 is 10.1 Å². The third kappa shape index (κ3) is 4.99. The number of fused-ring (bicyclic) bond motifs is 1. The molecule has 2 aromatic carbocycles. The van der Waals surface area contributed by atoms with Crippen LogP contribution in [-0.4, -0.2) is 48.4 Å². The van der Waals surface area contributed by atoms with Crippen molar-refractivity contribution in [3.8, 4) is 17.3 Å². The zero-order valence-electron chi connectivity index (χ0n) is 22.2. The fourth-order valence-electron chi connectivity index (χ4n) is 4.62. The van der Waals surface area contributed by atoms with Crippen molar-refractivity contribution in [2.45, 2.75) is 26.4 Å². The van der Waals surface area contributed by atoms with Crippen LogP contribution in [0.2, 0.25) is 0 Å². The Bertz CT molecular complexity index is 1840. The van der Waals surface area contributed by atoms with Crippen molar-refractivity contribution in [3.63, 3.8) is 0 Å². The highest BCUT2D eigenvalue weighted by molar-refractivity contribution is 6.02. The number of alkyl halides is 3. The molecule has 1 aliphatic heterocycles. The minimum absolute atomic E-state index is 0.0464. The number of rotatable bonds is 6. The molecule has 42 heavy (non-hydrogen) atoms. The van der Waals surface area contributed by atoms with Gasteiger partial charge in [0.25, 0.3) is 5.91 Å². The molecular formula is C28H22F5N7O2. The zero-order valence-corrected chi connectivity index (χ0v) is 22.2. The first-order chi connectivity index (χ1) is 20.0. The molecule has 1 amide bonds. The Hall–Kier alpha value is -5.01. The molecule has 6 rings (SSSR count). The van der Waals surface area contributed by atoms with E-state index >= 15 is 4.39 Å². The number of nitrogens with zero attached hydrogens (tertiary/aromatic N) is 5. The number of aryl methyl sites for hydroxylation is 2. The van der Waals surface area contributed by atoms with Crippen molar-refractivity contribution >= 4 is 28.3 Å². The van der Waals surface area contributed by atoms with Gasteiger partial charge in [0.1, 0.15) is 11.9 Å². The Balaban J connectivity index is 1.45. The largest absolute Gasteiger partial charge is 0.435 e. The summed E-state index contributed by atoms with van der Waals surface area (Å²) in [4.78, 5) is 29.9. The number of aromatic amines is 1. The molecule has 4 heterocycles. The molecule has 2 N–H and O–H groups in total. The number of carbonyl (C=O) groups excluding carboxylic acids is 1. The van der Waals surface area contributed by atoms with Crippen LogP contribution in [0.25, 0.3) is 16.6 Å². The highest BCUT2D eigenvalue weighted by Gasteiger charge is 2.33. The number of H-pyrrole nitrogens is 1. The summed E-state index contributed by atoms with van der Waals surface area (Å²) in [5.74, 6) is -3.36. The van der Waals surface area contributed by atoms with E-state index in [1.54, 1.807) is 20.0 Å². The third-order valence-electron chi connectivity index (χ3n) is 6.80. The van der Waals surface area contributed by atoms with E-state index in [2.05, 4.69) is 25.3 Å². The summed E-state index contributed by atoms with van der Waals surface area (Å²) in [6, 6.07) is 5.49. The SMILES string of the molecule is Cc1cn(-c2cc(Nc3ncnc(Oc4cc(F)c5[nH]c(C)cc5c4F)c3C(=O)N3CCC3)cc(C(F)(F)F)c2)cn1. The number of ether oxygens (including phenoxy) is 1. The highest BCUT2D eigenvalue weighted by atomic mass is 19.4. The topological polar surface area (TPSA) is 101 Å². The maximum atomic E-state index is 15.3. The van der Waals surface area contributed by atoms with Crippen LogP contribution >= 0.6 is 0 Å². The second-order valence-corrected chi connectivity index (χ2v) is 9.88. The lowest BCUT2D eigenvalue weighted by molar-refractivity contribution is -0.137. The number of imidazole rings is 1. The first-order valence-electron chi connectivity index (χ1n) is 12.8. The molecule has 3 aromatic heterocycles. The van der Waals surface area contributed by atoms with Crippen LogP contribution in [0.3, 0.4) is 0 Å². The van der Waals surface area contributed by atoms with Crippen LogP contribution in [0.1, 0.15) is 33.7 Å². The number of amides is 1. The predicted molar refractivity (Wildman–Crippen MR) is 142 cm³/mol. The first kappa shape index (κ1) is 27.2. The monoisotopic (exact) mass is 583 g/mol. The van der Waals surface area contributed by atoms with Gasteiger partial charge in [-0.15, -0.1) is 0 Å². The van der Waals surface area contributed by atoms with Crippen LogP contribution in [0.15, 0.2) is 49.2 Å². The van der Waals surface area contributed by atoms with Crippen LogP contribution in [0.5, 0.6) is 11.6 Å². The van der Waals surface area contributed by atoms with Crippen LogP contribution in [-0.2, 0) is 6.18 Å². The van der Waals surface area contributed by atoms with Crippen molar-refractivity contribution in [2.75, 3.05) is 18.4 Å². The van der Waals surface area contributed by atoms with Crippen LogP contribution in [0, 0.1) is 25.5 Å². The van der Waals surface area contributed by atoms with Gasteiger partial charge in [-0.3, -0.25) is 4.79 Å². The summed E-state index contributed by atoms with van der Waals surface area (Å²) in [5.41, 5.74) is -0.0289. The second kappa shape index (κ2) is 10.1. The average Bonchev–Trinajstić information content (AvgIpc) is 3.51. The lowest BCUT2D eigenvalue weighted by Crippen LogP contribution is -2.42. The lowest BCUT2D eigenvalue weighted by atomic mass is 10.1. The van der Waals surface area contributed by atoms with Gasteiger partial charge in [0.15, 0.2) is 23.2 Å². The van der Waals surface area contributed by atoms with Gasteiger partial charge in [-0.1, -0.05) is 0 Å². The lowest BCUT2D eigenvalue weighted by Gasteiger charge is -2.31. The predicted octanol–water partition coefficient (Wildman–Crippen LogP) is 6.44. The van der Waals surface area contributed by atoms with Crippen molar-refractivity contribution in [1.29, 1.82) is 0 Å². The molecule has 0 spiro atoms. The number of likely N-dealkylation sites (tertiary alicyclic amines) is 1. The van der Waals surface area contributed by atoms with Crippen molar-refractivity contribution < 1.29 is 31.5 Å². The van der Waals surface area contributed by atoms with Crippen molar-refractivity contribution in [2.24, 2.45) is 0 Å². The number of halogens is 5. The van der Waals surface area contributed by atoms with E-state index in [0.717, 1.165) is 30.9 Å². The maximum absolute atomic E-state index is 15.3. The number of benzene rings is 2. The molecule has 5 aromatic rings. The maximum Gasteiger partial charge on any atom is 0.416 e. The minimum atomic E-state index is -4.69. The molecule has 14 heteroatoms. The Morgan fingerprint density at radius 1 is 1.05 bits per heavy atom. The van der Waals surface area contributed by atoms with E-state index in [-0.39, 0.29) is 33.7 Å². The number of nitrogens with one attached hydrogen (secondary N) is 2. The Kier molecular flexibility index (Phi) is 6.55. The summed E-state index contributed by atoms with van der Waals surface area (Å²) in [6.45, 7) is 4.16. The molecule has 0 saturated carbocycles. The Morgan fingerprint density at radius 2 is 1.83 bits per heavy atom. The Labute approximate surface area is 235 Å². The second-order valence-electron chi connectivity index (χ2n) is 9.88. The van der Waals surface area contributed by atoms with Gasteiger partial charge in [0.05, 0.1) is 23.1 Å². The summed E-state index contributed by atoms with van der Waals surface area (Å²) in [5, 5.41) is 2.73. The van der Waals surface area contributed by atoms with E-state index in [1.807, 2.05) is 0 Å². The average molecular weight is 584 g/mol. The zero-order chi connectivity index (χ0) is 29.8. The fourth-order valence-corrected chi connectivity index (χ4v) is 4.62. The van der Waals surface area contributed by atoms with Gasteiger partial charge < -0.3 is 24.5 Å². The molecule has 0 radical (unpaired) electrons. The molecule has 9 nitrogen and oxygen atoms in total. The van der Waals surface area contributed by atoms with Gasteiger partial charge in [-0.25, -0.2) is 23.7 Å². The molecule has 1 saturated heterocycles. The number of aromatic nitrogens is 5. The molecule has 0 bridgehead atoms. The number of hydrogen-bond acceptors (Lipinski definition) is 6. The van der Waals surface area contributed by atoms with Crippen molar-refractivity contribution in [1.82, 2.24) is 29.4 Å². The summed E-state index contributed by atoms with van der Waals surface area (Å²) in [7, 11) is 0.